The van der Waals surface area contributed by atoms with Gasteiger partial charge in [-0.15, -0.1) is 0 Å². The number of hydrogen-bond acceptors (Lipinski definition) is 6. The molecule has 2 aromatic rings. The zero-order chi connectivity index (χ0) is 21.7. The number of nitrogens with zero attached hydrogens (tertiary/aromatic N) is 3. The van der Waals surface area contributed by atoms with Gasteiger partial charge in [-0.25, -0.2) is 0 Å². The molecule has 0 atom stereocenters. The van der Waals surface area contributed by atoms with Gasteiger partial charge in [0.1, 0.15) is 0 Å². The van der Waals surface area contributed by atoms with E-state index in [-0.39, 0.29) is 16.0 Å². The van der Waals surface area contributed by atoms with Gasteiger partial charge in [0.15, 0.2) is 5.75 Å². The van der Waals surface area contributed by atoms with Crippen LogP contribution in [0.2, 0.25) is 0 Å². The molecule has 0 radical (unpaired) electrons. The Morgan fingerprint density at radius 1 is 1.07 bits per heavy atom. The van der Waals surface area contributed by atoms with Crippen molar-refractivity contribution in [2.75, 3.05) is 37.7 Å². The van der Waals surface area contributed by atoms with Crippen LogP contribution < -0.4 is 15.1 Å². The highest BCUT2D eigenvalue weighted by Gasteiger charge is 2.19. The summed E-state index contributed by atoms with van der Waals surface area (Å²) in [6, 6.07) is 12.5. The highest BCUT2D eigenvalue weighted by molar-refractivity contribution is 5.51. The molecule has 7 nitrogen and oxygen atoms in total. The first-order valence-electron chi connectivity index (χ1n) is 10.4. The lowest BCUT2D eigenvalue weighted by atomic mass is 10.1. The molecule has 0 saturated carbocycles. The molecule has 0 aliphatic carbocycles. The fourth-order valence-electron chi connectivity index (χ4n) is 3.63. The van der Waals surface area contributed by atoms with Gasteiger partial charge in [0.2, 0.25) is 5.43 Å². The van der Waals surface area contributed by atoms with Gasteiger partial charge >= 0.3 is 0 Å². The zero-order valence-corrected chi connectivity index (χ0v) is 17.8. The van der Waals surface area contributed by atoms with Gasteiger partial charge in [0.25, 0.3) is 5.69 Å². The molecule has 0 amide bonds. The molecule has 0 unspecified atom stereocenters. The zero-order valence-electron chi connectivity index (χ0n) is 17.8. The number of hydrogen-bond donors (Lipinski definition) is 0. The smallest absolute Gasteiger partial charge is 0.269 e. The number of benzene rings is 1. The summed E-state index contributed by atoms with van der Waals surface area (Å²) >= 11 is 0. The van der Waals surface area contributed by atoms with E-state index in [4.69, 9.17) is 4.74 Å². The molecular weight excluding hydrogens is 382 g/mol. The summed E-state index contributed by atoms with van der Waals surface area (Å²) in [5.74, 6) is 0.736. The van der Waals surface area contributed by atoms with Crippen LogP contribution in [0.25, 0.3) is 0 Å². The second kappa shape index (κ2) is 9.71. The van der Waals surface area contributed by atoms with Crippen molar-refractivity contribution < 1.29 is 9.66 Å². The Kier molecular flexibility index (Phi) is 7.05. The molecule has 1 aliphatic rings. The van der Waals surface area contributed by atoms with E-state index in [0.29, 0.717) is 24.8 Å². The Morgan fingerprint density at radius 3 is 2.30 bits per heavy atom. The molecule has 0 N–H and O–H groups in total. The summed E-state index contributed by atoms with van der Waals surface area (Å²) in [7, 11) is 0. The maximum atomic E-state index is 13.0. The highest BCUT2D eigenvalue weighted by atomic mass is 16.6. The molecule has 3 rings (SSSR count). The largest absolute Gasteiger partial charge is 0.490 e. The van der Waals surface area contributed by atoms with Crippen molar-refractivity contribution in [1.29, 1.82) is 0 Å². The van der Waals surface area contributed by atoms with E-state index in [0.717, 1.165) is 43.0 Å². The third-order valence-electron chi connectivity index (χ3n) is 5.45. The minimum atomic E-state index is -0.386. The van der Waals surface area contributed by atoms with Crippen LogP contribution in [-0.4, -0.2) is 42.6 Å². The van der Waals surface area contributed by atoms with Crippen LogP contribution in [0, 0.1) is 10.1 Å². The second-order valence-electron chi connectivity index (χ2n) is 7.82. The lowest BCUT2D eigenvalue weighted by Gasteiger charge is -2.36. The Hall–Kier alpha value is -2.93. The van der Waals surface area contributed by atoms with Crippen molar-refractivity contribution >= 4 is 11.4 Å². The predicted molar refractivity (Wildman–Crippen MR) is 119 cm³/mol. The normalized spacial score (nSPS) is 14.7. The molecule has 1 saturated heterocycles. The third-order valence-corrected chi connectivity index (χ3v) is 5.45. The molecule has 7 heteroatoms. The van der Waals surface area contributed by atoms with Crippen LogP contribution in [0.3, 0.4) is 0 Å². The minimum Gasteiger partial charge on any atom is -0.490 e. The summed E-state index contributed by atoms with van der Waals surface area (Å²) in [5, 5.41) is 10.8. The van der Waals surface area contributed by atoms with E-state index in [2.05, 4.69) is 23.6 Å². The van der Waals surface area contributed by atoms with Crippen LogP contribution in [0.1, 0.15) is 37.8 Å². The number of anilines is 1. The van der Waals surface area contributed by atoms with Crippen molar-refractivity contribution in [3.05, 3.63) is 73.9 Å². The lowest BCUT2D eigenvalue weighted by Crippen LogP contribution is -2.46. The minimum absolute atomic E-state index is 0.0402. The molecule has 2 aromatic carbocycles. The topological polar surface area (TPSA) is 75.9 Å². The molecule has 1 aliphatic heterocycles. The average molecular weight is 412 g/mol. The van der Waals surface area contributed by atoms with Gasteiger partial charge in [-0.3, -0.25) is 19.8 Å². The average Bonchev–Trinajstić information content (AvgIpc) is 2.89. The van der Waals surface area contributed by atoms with E-state index in [1.807, 2.05) is 25.1 Å². The van der Waals surface area contributed by atoms with Crippen LogP contribution in [0.5, 0.6) is 5.75 Å². The van der Waals surface area contributed by atoms with Crippen LogP contribution >= 0.6 is 0 Å². The molecule has 0 bridgehead atoms. The van der Waals surface area contributed by atoms with Gasteiger partial charge < -0.3 is 9.64 Å². The summed E-state index contributed by atoms with van der Waals surface area (Å²) in [4.78, 5) is 27.9. The fourth-order valence-corrected chi connectivity index (χ4v) is 3.63. The first-order valence-corrected chi connectivity index (χ1v) is 10.4. The maximum Gasteiger partial charge on any atom is 0.269 e. The van der Waals surface area contributed by atoms with Crippen molar-refractivity contribution in [1.82, 2.24) is 4.90 Å². The fraction of sp³-hybridized carbons (Fsp3) is 0.435. The highest BCUT2D eigenvalue weighted by Crippen LogP contribution is 2.22. The van der Waals surface area contributed by atoms with Crippen molar-refractivity contribution in [3.8, 4) is 5.75 Å². The Labute approximate surface area is 177 Å². The molecule has 0 spiro atoms. The summed E-state index contributed by atoms with van der Waals surface area (Å²) in [6.45, 7) is 10.4. The van der Waals surface area contributed by atoms with E-state index < -0.39 is 0 Å². The molecule has 1 fully saturated rings. The summed E-state index contributed by atoms with van der Waals surface area (Å²) < 4.78 is 5.63. The number of nitro benzene ring substituents is 1. The maximum absolute atomic E-state index is 13.0. The molecule has 0 aromatic heterocycles. The Morgan fingerprint density at radius 2 is 1.73 bits per heavy atom. The summed E-state index contributed by atoms with van der Waals surface area (Å²) in [6.07, 6.45) is 0. The first-order chi connectivity index (χ1) is 14.4. The molecule has 1 heterocycles. The van der Waals surface area contributed by atoms with E-state index in [9.17, 15) is 14.9 Å². The van der Waals surface area contributed by atoms with Crippen molar-refractivity contribution in [3.63, 3.8) is 0 Å². The SMILES string of the molecule is CCOc1cc(C(C)C)ccc(CN2CCN(c3ccc([N+](=O)[O-])cc3)CC2)c1=O. The molecule has 30 heavy (non-hydrogen) atoms. The second-order valence-corrected chi connectivity index (χ2v) is 7.82. The van der Waals surface area contributed by atoms with Crippen molar-refractivity contribution in [2.45, 2.75) is 33.2 Å². The Bertz CT molecular complexity index is 936. The first kappa shape index (κ1) is 21.8. The van der Waals surface area contributed by atoms with Crippen molar-refractivity contribution in [2.24, 2.45) is 0 Å². The van der Waals surface area contributed by atoms with Gasteiger partial charge in [-0.05, 0) is 36.6 Å². The van der Waals surface area contributed by atoms with Gasteiger partial charge in [-0.1, -0.05) is 26.0 Å². The number of ether oxygens (including phenoxy) is 1. The van der Waals surface area contributed by atoms with Crippen LogP contribution in [-0.2, 0) is 6.54 Å². The van der Waals surface area contributed by atoms with Gasteiger partial charge in [0, 0.05) is 56.1 Å². The number of rotatable bonds is 7. The third kappa shape index (κ3) is 5.16. The predicted octanol–water partition coefficient (Wildman–Crippen LogP) is 3.80. The standard InChI is InChI=1S/C23H29N3O4/c1-4-30-22-15-18(17(2)3)5-6-19(23(22)27)16-24-11-13-25(14-12-24)20-7-9-21(10-8-20)26(28)29/h5-10,15,17H,4,11-14,16H2,1-3H3. The van der Waals surface area contributed by atoms with E-state index in [1.165, 1.54) is 12.1 Å². The molecule has 160 valence electrons. The monoisotopic (exact) mass is 411 g/mol. The lowest BCUT2D eigenvalue weighted by molar-refractivity contribution is -0.384. The Balaban J connectivity index is 1.70. The molecular formula is C23H29N3O4. The number of nitro groups is 1. The number of non-ortho nitro benzene ring substituents is 1. The van der Waals surface area contributed by atoms with E-state index >= 15 is 0 Å². The van der Waals surface area contributed by atoms with E-state index in [1.54, 1.807) is 12.1 Å². The van der Waals surface area contributed by atoms with Gasteiger partial charge in [-0.2, -0.15) is 0 Å². The van der Waals surface area contributed by atoms with Gasteiger partial charge in [0.05, 0.1) is 11.5 Å². The number of piperazine rings is 1. The van der Waals surface area contributed by atoms with Crippen LogP contribution in [0.15, 0.2) is 47.3 Å². The van der Waals surface area contributed by atoms with Crippen LogP contribution in [0.4, 0.5) is 11.4 Å². The quantitative estimate of drug-likeness (QED) is 0.510. The summed E-state index contributed by atoms with van der Waals surface area (Å²) in [5.41, 5.74) is 2.87.